The zero-order valence-electron chi connectivity index (χ0n) is 8.48. The summed E-state index contributed by atoms with van der Waals surface area (Å²) in [6, 6.07) is 0. The third-order valence-electron chi connectivity index (χ3n) is 4.41. The molecule has 3 aliphatic rings. The van der Waals surface area contributed by atoms with Crippen LogP contribution in [0, 0.1) is 23.7 Å². The Kier molecular flexibility index (Phi) is 1.84. The fraction of sp³-hybridized carbons (Fsp3) is 0.909. The van der Waals surface area contributed by atoms with Crippen molar-refractivity contribution < 1.29 is 4.79 Å². The van der Waals surface area contributed by atoms with Gasteiger partial charge in [-0.15, -0.1) is 0 Å². The monoisotopic (exact) mass is 194 g/mol. The van der Waals surface area contributed by atoms with E-state index in [1.807, 2.05) is 0 Å². The lowest BCUT2D eigenvalue weighted by molar-refractivity contribution is -0.137. The lowest BCUT2D eigenvalue weighted by Crippen LogP contribution is -2.39. The Morgan fingerprint density at radius 2 is 1.93 bits per heavy atom. The van der Waals surface area contributed by atoms with E-state index >= 15 is 0 Å². The molecule has 2 N–H and O–H groups in total. The largest absolute Gasteiger partial charge is 0.342 e. The molecule has 0 aromatic heterocycles. The van der Waals surface area contributed by atoms with Crippen molar-refractivity contribution in [2.24, 2.45) is 29.4 Å². The number of piperidine rings is 1. The van der Waals surface area contributed by atoms with Crippen molar-refractivity contribution >= 4 is 5.91 Å². The number of nitrogens with zero attached hydrogens (tertiary/aromatic N) is 1. The first-order valence-corrected chi connectivity index (χ1v) is 5.80. The van der Waals surface area contributed by atoms with E-state index < -0.39 is 0 Å². The van der Waals surface area contributed by atoms with Gasteiger partial charge in [0, 0.05) is 19.0 Å². The predicted molar refractivity (Wildman–Crippen MR) is 53.4 cm³/mol. The average molecular weight is 194 g/mol. The van der Waals surface area contributed by atoms with Gasteiger partial charge in [0.15, 0.2) is 0 Å². The number of hydrogen-bond acceptors (Lipinski definition) is 2. The molecule has 0 spiro atoms. The lowest BCUT2D eigenvalue weighted by atomic mass is 9.84. The summed E-state index contributed by atoms with van der Waals surface area (Å²) in [6.45, 7) is 2.82. The first-order chi connectivity index (χ1) is 6.81. The summed E-state index contributed by atoms with van der Waals surface area (Å²) in [5.41, 5.74) is 5.64. The van der Waals surface area contributed by atoms with Crippen LogP contribution in [0.25, 0.3) is 0 Å². The lowest BCUT2D eigenvalue weighted by Gasteiger charge is -2.30. The molecule has 1 aliphatic heterocycles. The van der Waals surface area contributed by atoms with Gasteiger partial charge in [0.05, 0.1) is 0 Å². The van der Waals surface area contributed by atoms with E-state index in [4.69, 9.17) is 5.73 Å². The summed E-state index contributed by atoms with van der Waals surface area (Å²) in [5.74, 6) is 3.05. The minimum Gasteiger partial charge on any atom is -0.342 e. The minimum absolute atomic E-state index is 0.379. The Morgan fingerprint density at radius 3 is 2.36 bits per heavy atom. The van der Waals surface area contributed by atoms with Gasteiger partial charge < -0.3 is 10.6 Å². The Hall–Kier alpha value is -0.570. The molecule has 1 heterocycles. The standard InChI is InChI=1S/C11H18N2O/c12-4-8-9-5-13(6-10(8)9)11(14)7-2-1-3-7/h7-10H,1-6,12H2. The molecule has 0 bridgehead atoms. The summed E-state index contributed by atoms with van der Waals surface area (Å²) < 4.78 is 0. The third-order valence-corrected chi connectivity index (χ3v) is 4.41. The molecule has 14 heavy (non-hydrogen) atoms. The van der Waals surface area contributed by atoms with Gasteiger partial charge in [-0.25, -0.2) is 0 Å². The van der Waals surface area contributed by atoms with E-state index in [0.717, 1.165) is 50.2 Å². The zero-order chi connectivity index (χ0) is 9.71. The fourth-order valence-electron chi connectivity index (χ4n) is 3.09. The van der Waals surface area contributed by atoms with Crippen LogP contribution in [0.5, 0.6) is 0 Å². The molecular weight excluding hydrogens is 176 g/mol. The second-order valence-corrected chi connectivity index (χ2v) is 5.10. The quantitative estimate of drug-likeness (QED) is 0.693. The summed E-state index contributed by atoms with van der Waals surface area (Å²) >= 11 is 0. The minimum atomic E-state index is 0.379. The molecule has 3 heteroatoms. The molecule has 2 saturated carbocycles. The van der Waals surface area contributed by atoms with Crippen molar-refractivity contribution in [1.29, 1.82) is 0 Å². The van der Waals surface area contributed by atoms with Crippen molar-refractivity contribution in [2.45, 2.75) is 19.3 Å². The second kappa shape index (κ2) is 2.96. The van der Waals surface area contributed by atoms with Crippen LogP contribution < -0.4 is 5.73 Å². The Bertz CT molecular complexity index is 250. The molecule has 2 atom stereocenters. The van der Waals surface area contributed by atoms with Gasteiger partial charge in [0.1, 0.15) is 0 Å². The average Bonchev–Trinajstić information content (AvgIpc) is 2.54. The maximum atomic E-state index is 11.9. The number of carbonyl (C=O) groups is 1. The van der Waals surface area contributed by atoms with Crippen LogP contribution >= 0.6 is 0 Å². The van der Waals surface area contributed by atoms with Crippen molar-refractivity contribution in [3.05, 3.63) is 0 Å². The fourth-order valence-corrected chi connectivity index (χ4v) is 3.09. The zero-order valence-corrected chi connectivity index (χ0v) is 8.48. The first-order valence-electron chi connectivity index (χ1n) is 5.80. The van der Waals surface area contributed by atoms with E-state index in [1.165, 1.54) is 6.42 Å². The van der Waals surface area contributed by atoms with Crippen molar-refractivity contribution in [3.63, 3.8) is 0 Å². The van der Waals surface area contributed by atoms with E-state index in [1.54, 1.807) is 0 Å². The van der Waals surface area contributed by atoms with E-state index in [9.17, 15) is 4.79 Å². The number of nitrogens with two attached hydrogens (primary N) is 1. The molecule has 3 rings (SSSR count). The number of amides is 1. The molecule has 2 aliphatic carbocycles. The number of likely N-dealkylation sites (tertiary alicyclic amines) is 1. The SMILES string of the molecule is NCC1C2CN(C(=O)C3CCC3)CC12. The van der Waals surface area contributed by atoms with Gasteiger partial charge in [0.2, 0.25) is 5.91 Å². The molecule has 1 amide bonds. The van der Waals surface area contributed by atoms with Gasteiger partial charge >= 0.3 is 0 Å². The molecule has 0 aromatic carbocycles. The van der Waals surface area contributed by atoms with E-state index in [2.05, 4.69) is 4.90 Å². The molecule has 3 fully saturated rings. The highest BCUT2D eigenvalue weighted by Crippen LogP contribution is 2.51. The van der Waals surface area contributed by atoms with E-state index in [0.29, 0.717) is 11.8 Å². The van der Waals surface area contributed by atoms with Gasteiger partial charge in [-0.1, -0.05) is 6.42 Å². The smallest absolute Gasteiger partial charge is 0.225 e. The Morgan fingerprint density at radius 1 is 1.29 bits per heavy atom. The van der Waals surface area contributed by atoms with Crippen LogP contribution in [0.1, 0.15) is 19.3 Å². The Balaban J connectivity index is 1.55. The van der Waals surface area contributed by atoms with Crippen LogP contribution in [-0.4, -0.2) is 30.4 Å². The molecule has 78 valence electrons. The van der Waals surface area contributed by atoms with Crippen LogP contribution in [0.2, 0.25) is 0 Å². The Labute approximate surface area is 84.6 Å². The van der Waals surface area contributed by atoms with Crippen LogP contribution in [0.15, 0.2) is 0 Å². The highest BCUT2D eigenvalue weighted by Gasteiger charge is 2.56. The molecule has 0 radical (unpaired) electrons. The van der Waals surface area contributed by atoms with Gasteiger partial charge in [-0.2, -0.15) is 0 Å². The van der Waals surface area contributed by atoms with Crippen molar-refractivity contribution in [3.8, 4) is 0 Å². The van der Waals surface area contributed by atoms with Gasteiger partial charge in [-0.05, 0) is 37.1 Å². The molecule has 3 nitrogen and oxygen atoms in total. The summed E-state index contributed by atoms with van der Waals surface area (Å²) in [4.78, 5) is 14.0. The number of fused-ring (bicyclic) bond motifs is 1. The topological polar surface area (TPSA) is 46.3 Å². The van der Waals surface area contributed by atoms with Crippen molar-refractivity contribution in [1.82, 2.24) is 4.90 Å². The predicted octanol–water partition coefficient (Wildman–Crippen LogP) is 0.450. The van der Waals surface area contributed by atoms with E-state index in [-0.39, 0.29) is 0 Å². The number of hydrogen-bond donors (Lipinski definition) is 1. The molecule has 0 aromatic rings. The van der Waals surface area contributed by atoms with Crippen molar-refractivity contribution in [2.75, 3.05) is 19.6 Å². The van der Waals surface area contributed by atoms with Gasteiger partial charge in [-0.3, -0.25) is 4.79 Å². The number of rotatable bonds is 2. The molecule has 1 saturated heterocycles. The summed E-state index contributed by atoms with van der Waals surface area (Å²) in [5, 5.41) is 0. The van der Waals surface area contributed by atoms with Crippen LogP contribution in [0.3, 0.4) is 0 Å². The maximum absolute atomic E-state index is 11.9. The van der Waals surface area contributed by atoms with Gasteiger partial charge in [0.25, 0.3) is 0 Å². The number of carbonyl (C=O) groups excluding carboxylic acids is 1. The third kappa shape index (κ3) is 1.11. The highest BCUT2D eigenvalue weighted by atomic mass is 16.2. The maximum Gasteiger partial charge on any atom is 0.225 e. The first kappa shape index (κ1) is 8.72. The highest BCUT2D eigenvalue weighted by molar-refractivity contribution is 5.80. The summed E-state index contributed by atoms with van der Waals surface area (Å²) in [6.07, 6.45) is 3.51. The summed E-state index contributed by atoms with van der Waals surface area (Å²) in [7, 11) is 0. The normalized spacial score (nSPS) is 40.6. The van der Waals surface area contributed by atoms with Crippen LogP contribution in [-0.2, 0) is 4.79 Å². The molecular formula is C11H18N2O. The van der Waals surface area contributed by atoms with Crippen LogP contribution in [0.4, 0.5) is 0 Å². The molecule has 2 unspecified atom stereocenters. The second-order valence-electron chi connectivity index (χ2n) is 5.10.